The first-order valence-electron chi connectivity index (χ1n) is 13.1. The maximum absolute atomic E-state index is 14.7. The van der Waals surface area contributed by atoms with E-state index in [1.807, 2.05) is 0 Å². The number of nitrogens with two attached hydrogens (primary N) is 1. The molecule has 0 spiro atoms. The predicted octanol–water partition coefficient (Wildman–Crippen LogP) is 4.78. The van der Waals surface area contributed by atoms with Gasteiger partial charge in [-0.3, -0.25) is 9.59 Å². The maximum Gasteiger partial charge on any atom is 0.387 e. The van der Waals surface area contributed by atoms with Gasteiger partial charge in [-0.15, -0.1) is 0 Å². The molecule has 1 aromatic heterocycles. The number of nitrogens with one attached hydrogen (secondary N) is 2. The van der Waals surface area contributed by atoms with Crippen molar-refractivity contribution in [3.05, 3.63) is 65.1 Å². The third-order valence-corrected chi connectivity index (χ3v) is 6.60. The minimum Gasteiger partial charge on any atom is -0.489 e. The third-order valence-electron chi connectivity index (χ3n) is 6.60. The molecule has 9 nitrogen and oxygen atoms in total. The molecule has 0 saturated heterocycles. The van der Waals surface area contributed by atoms with Crippen LogP contribution < -0.4 is 25.8 Å². The van der Waals surface area contributed by atoms with Gasteiger partial charge in [-0.25, -0.2) is 13.8 Å². The van der Waals surface area contributed by atoms with E-state index in [4.69, 9.17) is 14.9 Å². The van der Waals surface area contributed by atoms with Gasteiger partial charge in [-0.2, -0.15) is 8.78 Å². The van der Waals surface area contributed by atoms with Crippen LogP contribution in [0.15, 0.2) is 40.8 Å². The average Bonchev–Trinajstić information content (AvgIpc) is 3.85. The number of aromatic nitrogens is 1. The van der Waals surface area contributed by atoms with Gasteiger partial charge in [0, 0.05) is 23.2 Å². The van der Waals surface area contributed by atoms with Crippen LogP contribution in [0.1, 0.15) is 66.5 Å². The van der Waals surface area contributed by atoms with Crippen LogP contribution in [0.5, 0.6) is 11.5 Å². The summed E-state index contributed by atoms with van der Waals surface area (Å²) in [6, 6.07) is 4.32. The van der Waals surface area contributed by atoms with E-state index in [0.29, 0.717) is 18.6 Å². The highest BCUT2D eigenvalue weighted by atomic mass is 19.3. The molecule has 5 rings (SSSR count). The number of halogens is 4. The zero-order valence-corrected chi connectivity index (χ0v) is 22.0. The Bertz CT molecular complexity index is 1440. The molecule has 3 aromatic rings. The Hall–Kier alpha value is -4.13. The van der Waals surface area contributed by atoms with E-state index < -0.39 is 42.1 Å². The lowest BCUT2D eigenvalue weighted by atomic mass is 10.0. The van der Waals surface area contributed by atoms with E-state index in [1.54, 1.807) is 6.92 Å². The molecule has 218 valence electrons. The lowest BCUT2D eigenvalue weighted by molar-refractivity contribution is -0.123. The zero-order chi connectivity index (χ0) is 29.3. The Morgan fingerprint density at radius 3 is 2.49 bits per heavy atom. The minimum atomic E-state index is -3.07. The van der Waals surface area contributed by atoms with Crippen molar-refractivity contribution in [2.45, 2.75) is 57.3 Å². The normalized spacial score (nSPS) is 16.3. The summed E-state index contributed by atoms with van der Waals surface area (Å²) in [5.41, 5.74) is 5.81. The summed E-state index contributed by atoms with van der Waals surface area (Å²) in [6.45, 7) is -1.21. The second-order valence-electron chi connectivity index (χ2n) is 10.2. The number of hydrogen-bond acceptors (Lipinski definition) is 7. The number of nitrogens with zero attached hydrogens (tertiary/aromatic N) is 1. The van der Waals surface area contributed by atoms with Crippen molar-refractivity contribution in [1.82, 2.24) is 15.6 Å². The molecule has 0 radical (unpaired) electrons. The summed E-state index contributed by atoms with van der Waals surface area (Å²) in [7, 11) is 0. The highest BCUT2D eigenvalue weighted by molar-refractivity contribution is 5.97. The molecule has 2 aliphatic carbocycles. The van der Waals surface area contributed by atoms with Gasteiger partial charge in [0.2, 0.25) is 11.8 Å². The van der Waals surface area contributed by atoms with Gasteiger partial charge < -0.3 is 30.3 Å². The van der Waals surface area contributed by atoms with Gasteiger partial charge in [0.05, 0.1) is 12.6 Å². The first kappa shape index (κ1) is 28.4. The van der Waals surface area contributed by atoms with Gasteiger partial charge in [0.15, 0.2) is 23.0 Å². The molecule has 2 atom stereocenters. The number of hydrogen-bond donors (Lipinski definition) is 3. The van der Waals surface area contributed by atoms with Gasteiger partial charge in [0.25, 0.3) is 5.91 Å². The molecule has 41 heavy (non-hydrogen) atoms. The molecule has 0 aliphatic heterocycles. The molecule has 1 heterocycles. The molecule has 2 amide bonds. The fraction of sp³-hybridized carbons (Fsp3) is 0.393. The topological polar surface area (TPSA) is 129 Å². The molecule has 1 unspecified atom stereocenters. The summed E-state index contributed by atoms with van der Waals surface area (Å²) in [4.78, 5) is 30.7. The van der Waals surface area contributed by atoms with E-state index in [1.165, 1.54) is 18.2 Å². The van der Waals surface area contributed by atoms with E-state index in [9.17, 15) is 27.2 Å². The Morgan fingerprint density at radius 1 is 1.10 bits per heavy atom. The van der Waals surface area contributed by atoms with E-state index in [2.05, 4.69) is 20.4 Å². The summed E-state index contributed by atoms with van der Waals surface area (Å²) in [5.74, 6) is -3.34. The zero-order valence-electron chi connectivity index (χ0n) is 22.0. The predicted molar refractivity (Wildman–Crippen MR) is 137 cm³/mol. The van der Waals surface area contributed by atoms with Crippen LogP contribution >= 0.6 is 0 Å². The van der Waals surface area contributed by atoms with E-state index in [-0.39, 0.29) is 46.0 Å². The number of benzene rings is 2. The van der Waals surface area contributed by atoms with Crippen molar-refractivity contribution in [3.63, 3.8) is 0 Å². The molecular weight excluding hydrogens is 548 g/mol. The van der Waals surface area contributed by atoms with Crippen molar-refractivity contribution < 1.29 is 41.0 Å². The summed E-state index contributed by atoms with van der Waals surface area (Å²) in [6.07, 6.45) is 3.44. The fourth-order valence-corrected chi connectivity index (χ4v) is 4.10. The smallest absolute Gasteiger partial charge is 0.387 e. The highest BCUT2D eigenvalue weighted by Gasteiger charge is 2.33. The minimum absolute atomic E-state index is 0.0354. The van der Waals surface area contributed by atoms with Crippen LogP contribution in [0.3, 0.4) is 0 Å². The third kappa shape index (κ3) is 6.96. The highest BCUT2D eigenvalue weighted by Crippen LogP contribution is 2.37. The molecule has 13 heteroatoms. The van der Waals surface area contributed by atoms with Crippen LogP contribution in [0, 0.1) is 17.6 Å². The number of alkyl halides is 2. The number of oxazole rings is 1. The van der Waals surface area contributed by atoms with Crippen molar-refractivity contribution in [2.75, 3.05) is 6.61 Å². The first-order valence-corrected chi connectivity index (χ1v) is 13.1. The Morgan fingerprint density at radius 2 is 1.85 bits per heavy atom. The SMILES string of the molecule is C[C@H](N)c1oc(-c2ccc(OC(F)F)c(OCC3CC3)c2)nc1C(=O)NC(C(=O)NC1CC1)c1ccc(F)cc1F. The van der Waals surface area contributed by atoms with Gasteiger partial charge in [0.1, 0.15) is 17.7 Å². The molecule has 4 N–H and O–H groups in total. The fourth-order valence-electron chi connectivity index (χ4n) is 4.10. The average molecular weight is 577 g/mol. The lowest BCUT2D eigenvalue weighted by Crippen LogP contribution is -2.42. The molecular formula is C28H28F4N4O5. The Balaban J connectivity index is 1.45. The molecule has 0 bridgehead atoms. The van der Waals surface area contributed by atoms with Crippen molar-refractivity contribution in [3.8, 4) is 23.0 Å². The van der Waals surface area contributed by atoms with Crippen LogP contribution in [0.25, 0.3) is 11.5 Å². The molecule has 2 aliphatic rings. The summed E-state index contributed by atoms with van der Waals surface area (Å²) >= 11 is 0. The number of carbonyl (C=O) groups excluding carboxylic acids is 2. The van der Waals surface area contributed by atoms with Gasteiger partial charge in [-0.05, 0) is 62.8 Å². The number of ether oxygens (including phenoxy) is 2. The number of rotatable bonds is 12. The molecule has 2 saturated carbocycles. The summed E-state index contributed by atoms with van der Waals surface area (Å²) in [5, 5.41) is 5.17. The van der Waals surface area contributed by atoms with E-state index >= 15 is 0 Å². The Labute approximate surface area is 232 Å². The quantitative estimate of drug-likeness (QED) is 0.265. The van der Waals surface area contributed by atoms with Crippen LogP contribution in [0.2, 0.25) is 0 Å². The second-order valence-corrected chi connectivity index (χ2v) is 10.2. The monoisotopic (exact) mass is 576 g/mol. The van der Waals surface area contributed by atoms with Gasteiger partial charge in [-0.1, -0.05) is 6.07 Å². The maximum atomic E-state index is 14.7. The summed E-state index contributed by atoms with van der Waals surface area (Å²) < 4.78 is 70.2. The van der Waals surface area contributed by atoms with Crippen molar-refractivity contribution >= 4 is 11.8 Å². The van der Waals surface area contributed by atoms with Crippen LogP contribution in [-0.4, -0.2) is 36.1 Å². The molecule has 2 aromatic carbocycles. The van der Waals surface area contributed by atoms with E-state index in [0.717, 1.165) is 37.8 Å². The second kappa shape index (κ2) is 11.8. The first-order chi connectivity index (χ1) is 19.6. The van der Waals surface area contributed by atoms with Crippen LogP contribution in [-0.2, 0) is 4.79 Å². The number of amides is 2. The van der Waals surface area contributed by atoms with Gasteiger partial charge >= 0.3 is 6.61 Å². The van der Waals surface area contributed by atoms with Crippen molar-refractivity contribution in [1.29, 1.82) is 0 Å². The van der Waals surface area contributed by atoms with Crippen LogP contribution in [0.4, 0.5) is 17.6 Å². The van der Waals surface area contributed by atoms with Crippen molar-refractivity contribution in [2.24, 2.45) is 11.7 Å². The number of carbonyl (C=O) groups is 2. The molecule has 2 fully saturated rings. The standard InChI is InChI=1S/C28H28F4N4O5/c1-13(33)24-23(26(38)35-22(25(37)34-17-6-7-17)18-8-5-16(29)11-19(18)30)36-27(41-24)15-4-9-20(40-28(31)32)21(10-15)39-12-14-2-3-14/h4-5,8-11,13-14,17,22,28H,2-3,6-7,12,33H2,1H3,(H,34,37)(H,35,38)/t13-,22?/m0/s1. The largest absolute Gasteiger partial charge is 0.489 e. The Kier molecular flexibility index (Phi) is 8.15. The lowest BCUT2D eigenvalue weighted by Gasteiger charge is -2.19.